The molecule has 0 atom stereocenters. The summed E-state index contributed by atoms with van der Waals surface area (Å²) < 4.78 is 0. The van der Waals surface area contributed by atoms with Crippen molar-refractivity contribution in [2.75, 3.05) is 19.6 Å². The van der Waals surface area contributed by atoms with Gasteiger partial charge < -0.3 is 10.2 Å². The predicted octanol–water partition coefficient (Wildman–Crippen LogP) is 3.42. The molecule has 18 heavy (non-hydrogen) atoms. The van der Waals surface area contributed by atoms with E-state index in [-0.39, 0.29) is 0 Å². The molecular formula is C16H32N2. The van der Waals surface area contributed by atoms with Crippen LogP contribution in [0.25, 0.3) is 0 Å². The van der Waals surface area contributed by atoms with Crippen LogP contribution in [0.4, 0.5) is 0 Å². The quantitative estimate of drug-likeness (QED) is 0.747. The molecule has 106 valence electrons. The first-order valence-corrected chi connectivity index (χ1v) is 8.13. The van der Waals surface area contributed by atoms with Crippen LogP contribution in [0.3, 0.4) is 0 Å². The molecule has 2 aliphatic rings. The summed E-state index contributed by atoms with van der Waals surface area (Å²) in [5.41, 5.74) is 0.571. The number of hydrogen-bond donors (Lipinski definition) is 1. The Labute approximate surface area is 114 Å². The predicted molar refractivity (Wildman–Crippen MR) is 78.9 cm³/mol. The van der Waals surface area contributed by atoms with Crippen LogP contribution in [0.5, 0.6) is 0 Å². The second kappa shape index (κ2) is 6.38. The molecular weight excluding hydrogens is 220 g/mol. The van der Waals surface area contributed by atoms with E-state index in [2.05, 4.69) is 31.0 Å². The van der Waals surface area contributed by atoms with Crippen molar-refractivity contribution in [2.24, 2.45) is 5.41 Å². The monoisotopic (exact) mass is 252 g/mol. The molecule has 0 aromatic carbocycles. The van der Waals surface area contributed by atoms with E-state index in [9.17, 15) is 0 Å². The SMILES string of the molecule is CCN(CC1(CNC(C)C)CCCCC1)C1CC1. The molecule has 1 N–H and O–H groups in total. The van der Waals surface area contributed by atoms with Crippen LogP contribution in [0.1, 0.15) is 65.7 Å². The molecule has 2 rings (SSSR count). The highest BCUT2D eigenvalue weighted by atomic mass is 15.2. The normalized spacial score (nSPS) is 23.8. The van der Waals surface area contributed by atoms with Gasteiger partial charge in [0.1, 0.15) is 0 Å². The maximum Gasteiger partial charge on any atom is 0.00965 e. The molecule has 0 radical (unpaired) electrons. The van der Waals surface area contributed by atoms with Crippen molar-refractivity contribution >= 4 is 0 Å². The first-order chi connectivity index (χ1) is 8.65. The highest BCUT2D eigenvalue weighted by Gasteiger charge is 2.37. The lowest BCUT2D eigenvalue weighted by molar-refractivity contribution is 0.0985. The molecule has 0 aromatic rings. The van der Waals surface area contributed by atoms with Gasteiger partial charge in [-0.1, -0.05) is 40.0 Å². The van der Waals surface area contributed by atoms with Gasteiger partial charge in [0.15, 0.2) is 0 Å². The van der Waals surface area contributed by atoms with Gasteiger partial charge in [0, 0.05) is 25.2 Å². The smallest absolute Gasteiger partial charge is 0.00965 e. The third-order valence-corrected chi connectivity index (χ3v) is 4.81. The van der Waals surface area contributed by atoms with Crippen molar-refractivity contribution in [2.45, 2.75) is 77.8 Å². The Morgan fingerprint density at radius 1 is 1.17 bits per heavy atom. The maximum absolute atomic E-state index is 3.72. The van der Waals surface area contributed by atoms with E-state index < -0.39 is 0 Å². The van der Waals surface area contributed by atoms with E-state index >= 15 is 0 Å². The van der Waals surface area contributed by atoms with Gasteiger partial charge in [-0.3, -0.25) is 0 Å². The zero-order chi connectivity index (χ0) is 13.0. The molecule has 2 nitrogen and oxygen atoms in total. The van der Waals surface area contributed by atoms with E-state index in [4.69, 9.17) is 0 Å². The average molecular weight is 252 g/mol. The lowest BCUT2D eigenvalue weighted by atomic mass is 9.73. The molecule has 2 fully saturated rings. The molecule has 0 aliphatic heterocycles. The van der Waals surface area contributed by atoms with E-state index in [0.29, 0.717) is 11.5 Å². The number of rotatable bonds is 7. The fraction of sp³-hybridized carbons (Fsp3) is 1.00. The van der Waals surface area contributed by atoms with Crippen molar-refractivity contribution in [1.82, 2.24) is 10.2 Å². The van der Waals surface area contributed by atoms with E-state index in [0.717, 1.165) is 6.04 Å². The molecule has 0 unspecified atom stereocenters. The summed E-state index contributed by atoms with van der Waals surface area (Å²) >= 11 is 0. The summed E-state index contributed by atoms with van der Waals surface area (Å²) in [6.45, 7) is 10.7. The number of hydrogen-bond acceptors (Lipinski definition) is 2. The van der Waals surface area contributed by atoms with Gasteiger partial charge in [-0.2, -0.15) is 0 Å². The molecule has 0 heterocycles. The van der Waals surface area contributed by atoms with Gasteiger partial charge in [-0.25, -0.2) is 0 Å². The van der Waals surface area contributed by atoms with Crippen LogP contribution in [-0.4, -0.2) is 36.6 Å². The third kappa shape index (κ3) is 3.96. The summed E-state index contributed by atoms with van der Waals surface area (Å²) in [6, 6.07) is 1.55. The Bertz CT molecular complexity index is 239. The second-order valence-corrected chi connectivity index (χ2v) is 6.89. The standard InChI is InChI=1S/C16H32N2/c1-4-18(15-8-9-15)13-16(12-17-14(2)3)10-6-5-7-11-16/h14-15,17H,4-13H2,1-3H3. The number of nitrogens with one attached hydrogen (secondary N) is 1. The summed E-state index contributed by atoms with van der Waals surface area (Å²) in [5, 5.41) is 3.72. The Balaban J connectivity index is 1.93. The van der Waals surface area contributed by atoms with Crippen LogP contribution in [0.15, 0.2) is 0 Å². The molecule has 0 bridgehead atoms. The third-order valence-electron chi connectivity index (χ3n) is 4.81. The van der Waals surface area contributed by atoms with Crippen LogP contribution in [0, 0.1) is 5.41 Å². The minimum absolute atomic E-state index is 0.571. The molecule has 0 aromatic heterocycles. The van der Waals surface area contributed by atoms with Crippen molar-refractivity contribution < 1.29 is 0 Å². The van der Waals surface area contributed by atoms with Crippen molar-refractivity contribution in [1.29, 1.82) is 0 Å². The molecule has 2 heteroatoms. The fourth-order valence-corrected chi connectivity index (χ4v) is 3.48. The highest BCUT2D eigenvalue weighted by molar-refractivity contribution is 4.92. The zero-order valence-electron chi connectivity index (χ0n) is 12.7. The number of nitrogens with zero attached hydrogens (tertiary/aromatic N) is 1. The first-order valence-electron chi connectivity index (χ1n) is 8.13. The van der Waals surface area contributed by atoms with Gasteiger partial charge in [-0.05, 0) is 37.6 Å². The van der Waals surface area contributed by atoms with E-state index in [1.807, 2.05) is 0 Å². The Morgan fingerprint density at radius 3 is 2.33 bits per heavy atom. The van der Waals surface area contributed by atoms with Gasteiger partial charge in [0.2, 0.25) is 0 Å². The molecule has 0 spiro atoms. The van der Waals surface area contributed by atoms with Crippen molar-refractivity contribution in [3.8, 4) is 0 Å². The topological polar surface area (TPSA) is 15.3 Å². The zero-order valence-corrected chi connectivity index (χ0v) is 12.7. The summed E-state index contributed by atoms with van der Waals surface area (Å²) in [4.78, 5) is 2.76. The summed E-state index contributed by atoms with van der Waals surface area (Å²) in [7, 11) is 0. The Morgan fingerprint density at radius 2 is 1.83 bits per heavy atom. The molecule has 0 amide bonds. The van der Waals surface area contributed by atoms with Crippen LogP contribution in [0.2, 0.25) is 0 Å². The van der Waals surface area contributed by atoms with E-state index in [1.165, 1.54) is 64.6 Å². The van der Waals surface area contributed by atoms with Gasteiger partial charge in [-0.15, -0.1) is 0 Å². The van der Waals surface area contributed by atoms with Gasteiger partial charge in [0.05, 0.1) is 0 Å². The molecule has 0 saturated heterocycles. The van der Waals surface area contributed by atoms with Crippen LogP contribution < -0.4 is 5.32 Å². The summed E-state index contributed by atoms with van der Waals surface area (Å²) in [6.07, 6.45) is 10.1. The van der Waals surface area contributed by atoms with Gasteiger partial charge >= 0.3 is 0 Å². The van der Waals surface area contributed by atoms with E-state index in [1.54, 1.807) is 0 Å². The first kappa shape index (κ1) is 14.3. The van der Waals surface area contributed by atoms with Crippen molar-refractivity contribution in [3.63, 3.8) is 0 Å². The lowest BCUT2D eigenvalue weighted by Gasteiger charge is -2.42. The van der Waals surface area contributed by atoms with Crippen LogP contribution in [-0.2, 0) is 0 Å². The molecule has 2 saturated carbocycles. The minimum atomic E-state index is 0.571. The summed E-state index contributed by atoms with van der Waals surface area (Å²) in [5.74, 6) is 0. The maximum atomic E-state index is 3.72. The lowest BCUT2D eigenvalue weighted by Crippen LogP contribution is -2.47. The average Bonchev–Trinajstić information content (AvgIpc) is 3.19. The Kier molecular flexibility index (Phi) is 5.08. The largest absolute Gasteiger partial charge is 0.314 e. The van der Waals surface area contributed by atoms with Crippen LogP contribution >= 0.6 is 0 Å². The fourth-order valence-electron chi connectivity index (χ4n) is 3.48. The van der Waals surface area contributed by atoms with Gasteiger partial charge in [0.25, 0.3) is 0 Å². The Hall–Kier alpha value is -0.0800. The van der Waals surface area contributed by atoms with Crippen molar-refractivity contribution in [3.05, 3.63) is 0 Å². The highest BCUT2D eigenvalue weighted by Crippen LogP contribution is 2.39. The minimum Gasteiger partial charge on any atom is -0.314 e. The molecule has 2 aliphatic carbocycles. The second-order valence-electron chi connectivity index (χ2n) is 6.89.